The van der Waals surface area contributed by atoms with Crippen molar-refractivity contribution in [2.24, 2.45) is 5.16 Å². The van der Waals surface area contributed by atoms with Crippen molar-refractivity contribution in [3.05, 3.63) is 23.3 Å². The number of rotatable bonds is 4. The summed E-state index contributed by atoms with van der Waals surface area (Å²) in [6, 6.07) is 0. The summed E-state index contributed by atoms with van der Waals surface area (Å²) in [5.74, 6) is 0. The molecule has 0 aromatic rings. The molecule has 0 aliphatic heterocycles. The van der Waals surface area contributed by atoms with Gasteiger partial charge in [-0.1, -0.05) is 22.9 Å². The second kappa shape index (κ2) is 6.61. The first-order chi connectivity index (χ1) is 5.70. The summed E-state index contributed by atoms with van der Waals surface area (Å²) in [7, 11) is 1.60. The highest BCUT2D eigenvalue weighted by Crippen LogP contribution is 1.95. The Morgan fingerprint density at radius 1 is 1.42 bits per heavy atom. The van der Waals surface area contributed by atoms with Crippen LogP contribution in [0.5, 0.6) is 0 Å². The van der Waals surface area contributed by atoms with E-state index in [4.69, 9.17) is 9.94 Å². The summed E-state index contributed by atoms with van der Waals surface area (Å²) < 4.78 is 4.89. The minimum Gasteiger partial charge on any atom is -0.411 e. The number of hydrogen-bond acceptors (Lipinski definition) is 3. The van der Waals surface area contributed by atoms with Crippen LogP contribution in [0.2, 0.25) is 0 Å². The molecule has 0 bridgehead atoms. The van der Waals surface area contributed by atoms with Crippen LogP contribution >= 0.6 is 0 Å². The first kappa shape index (κ1) is 10.9. The highest BCUT2D eigenvalue weighted by Gasteiger charge is 1.89. The third-order valence-corrected chi connectivity index (χ3v) is 1.17. The smallest absolute Gasteiger partial charge is 0.0729 e. The topological polar surface area (TPSA) is 41.8 Å². The second-order valence-corrected chi connectivity index (χ2v) is 2.66. The molecule has 0 aliphatic rings. The summed E-state index contributed by atoms with van der Waals surface area (Å²) in [6.45, 7) is 4.45. The summed E-state index contributed by atoms with van der Waals surface area (Å²) in [4.78, 5) is 0. The van der Waals surface area contributed by atoms with Gasteiger partial charge in [-0.2, -0.15) is 0 Å². The van der Waals surface area contributed by atoms with Gasteiger partial charge in [0.05, 0.1) is 12.8 Å². The quantitative estimate of drug-likeness (QED) is 0.302. The second-order valence-electron chi connectivity index (χ2n) is 2.66. The Labute approximate surface area is 73.0 Å². The predicted octanol–water partition coefficient (Wildman–Crippen LogP) is 1.99. The van der Waals surface area contributed by atoms with Crippen molar-refractivity contribution in [3.63, 3.8) is 0 Å². The van der Waals surface area contributed by atoms with Crippen LogP contribution in [0, 0.1) is 0 Å². The van der Waals surface area contributed by atoms with E-state index in [1.165, 1.54) is 11.8 Å². The van der Waals surface area contributed by atoms with Crippen LogP contribution in [-0.4, -0.2) is 25.1 Å². The maximum absolute atomic E-state index is 8.28. The van der Waals surface area contributed by atoms with E-state index < -0.39 is 0 Å². The molecule has 0 unspecified atom stereocenters. The highest BCUT2D eigenvalue weighted by atomic mass is 16.5. The van der Waals surface area contributed by atoms with Gasteiger partial charge in [-0.05, 0) is 19.4 Å². The van der Waals surface area contributed by atoms with Crippen molar-refractivity contribution in [1.82, 2.24) is 0 Å². The lowest BCUT2D eigenvalue weighted by molar-refractivity contribution is 0.229. The van der Waals surface area contributed by atoms with Crippen LogP contribution in [0.25, 0.3) is 0 Å². The van der Waals surface area contributed by atoms with Gasteiger partial charge >= 0.3 is 0 Å². The van der Waals surface area contributed by atoms with E-state index in [1.807, 2.05) is 26.0 Å². The van der Waals surface area contributed by atoms with Crippen molar-refractivity contribution in [2.45, 2.75) is 13.8 Å². The minimum atomic E-state index is 0.452. The molecule has 0 aliphatic carbocycles. The molecule has 0 fully saturated rings. The molecular formula is C9H15NO2. The Morgan fingerprint density at radius 3 is 2.50 bits per heavy atom. The van der Waals surface area contributed by atoms with Crippen LogP contribution in [0.3, 0.4) is 0 Å². The summed E-state index contributed by atoms with van der Waals surface area (Å²) in [5, 5.41) is 11.2. The fourth-order valence-electron chi connectivity index (χ4n) is 0.643. The molecular weight excluding hydrogens is 154 g/mol. The van der Waals surface area contributed by atoms with Crippen LogP contribution in [0.15, 0.2) is 28.5 Å². The van der Waals surface area contributed by atoms with Gasteiger partial charge in [-0.3, -0.25) is 0 Å². The van der Waals surface area contributed by atoms with Crippen LogP contribution in [0.4, 0.5) is 0 Å². The number of hydrogen-bond donors (Lipinski definition) is 1. The average molecular weight is 169 g/mol. The van der Waals surface area contributed by atoms with Crippen molar-refractivity contribution in [3.8, 4) is 0 Å². The lowest BCUT2D eigenvalue weighted by Gasteiger charge is -1.96. The first-order valence-corrected chi connectivity index (χ1v) is 3.71. The molecule has 0 rings (SSSR count). The maximum Gasteiger partial charge on any atom is 0.0729 e. The van der Waals surface area contributed by atoms with Crippen LogP contribution < -0.4 is 0 Å². The summed E-state index contributed by atoms with van der Waals surface area (Å²) >= 11 is 0. The largest absolute Gasteiger partial charge is 0.411 e. The molecule has 0 spiro atoms. The molecule has 0 heterocycles. The van der Waals surface area contributed by atoms with Crippen molar-refractivity contribution >= 4 is 6.21 Å². The first-order valence-electron chi connectivity index (χ1n) is 3.71. The molecule has 1 N–H and O–H groups in total. The summed E-state index contributed by atoms with van der Waals surface area (Å²) in [5.41, 5.74) is 2.02. The zero-order valence-corrected chi connectivity index (χ0v) is 7.74. The number of ether oxygens (including phenoxy) is 1. The van der Waals surface area contributed by atoms with Crippen molar-refractivity contribution in [1.29, 1.82) is 0 Å². The van der Waals surface area contributed by atoms with Crippen molar-refractivity contribution < 1.29 is 9.94 Å². The molecule has 0 saturated carbocycles. The number of nitrogens with zero attached hydrogens (tertiary/aromatic N) is 1. The molecule has 0 saturated heterocycles. The van der Waals surface area contributed by atoms with Gasteiger partial charge in [0.15, 0.2) is 0 Å². The Bertz CT molecular complexity index is 201. The normalized spacial score (nSPS) is 12.1. The molecule has 3 heteroatoms. The number of allylic oxidation sites excluding steroid dienone is 3. The Balaban J connectivity index is 4.27. The fourth-order valence-corrected chi connectivity index (χ4v) is 0.643. The Kier molecular flexibility index (Phi) is 6.01. The van der Waals surface area contributed by atoms with Crippen molar-refractivity contribution in [2.75, 3.05) is 13.7 Å². The monoisotopic (exact) mass is 169 g/mol. The van der Waals surface area contributed by atoms with E-state index in [9.17, 15) is 0 Å². The van der Waals surface area contributed by atoms with Gasteiger partial charge in [0, 0.05) is 7.11 Å². The van der Waals surface area contributed by atoms with E-state index in [0.29, 0.717) is 6.61 Å². The predicted molar refractivity (Wildman–Crippen MR) is 49.7 cm³/mol. The zero-order chi connectivity index (χ0) is 9.40. The fraction of sp³-hybridized carbons (Fsp3) is 0.444. The molecule has 0 radical (unpaired) electrons. The van der Waals surface area contributed by atoms with Gasteiger partial charge in [0.1, 0.15) is 0 Å². The molecule has 0 atom stereocenters. The maximum atomic E-state index is 8.28. The number of oxime groups is 1. The third kappa shape index (κ3) is 5.68. The van der Waals surface area contributed by atoms with Gasteiger partial charge in [-0.25, -0.2) is 0 Å². The SMILES string of the molecule is COCC(/C=N/O)=C/C=C(C)C. The van der Waals surface area contributed by atoms with Gasteiger partial charge in [0.25, 0.3) is 0 Å². The summed E-state index contributed by atoms with van der Waals surface area (Å²) in [6.07, 6.45) is 5.16. The van der Waals surface area contributed by atoms with E-state index >= 15 is 0 Å². The lowest BCUT2D eigenvalue weighted by atomic mass is 10.2. The van der Waals surface area contributed by atoms with Gasteiger partial charge in [-0.15, -0.1) is 0 Å². The van der Waals surface area contributed by atoms with Crippen LogP contribution in [-0.2, 0) is 4.74 Å². The molecule has 68 valence electrons. The zero-order valence-electron chi connectivity index (χ0n) is 7.74. The third-order valence-electron chi connectivity index (χ3n) is 1.17. The van der Waals surface area contributed by atoms with Crippen LogP contribution in [0.1, 0.15) is 13.8 Å². The number of methoxy groups -OCH3 is 1. The highest BCUT2D eigenvalue weighted by molar-refractivity contribution is 5.78. The molecule has 0 aromatic carbocycles. The molecule has 12 heavy (non-hydrogen) atoms. The van der Waals surface area contributed by atoms with Gasteiger partial charge in [0.2, 0.25) is 0 Å². The Morgan fingerprint density at radius 2 is 2.08 bits per heavy atom. The standard InChI is InChI=1S/C9H15NO2/c1-8(2)4-5-9(6-10-11)7-12-3/h4-6,11H,7H2,1-3H3/b9-5+,10-6+. The average Bonchev–Trinajstić information content (AvgIpc) is 2.01. The molecule has 0 amide bonds. The molecule has 0 aromatic heterocycles. The lowest BCUT2D eigenvalue weighted by Crippen LogP contribution is -1.95. The van der Waals surface area contributed by atoms with E-state index in [2.05, 4.69) is 5.16 Å². The van der Waals surface area contributed by atoms with E-state index in [0.717, 1.165) is 5.57 Å². The minimum absolute atomic E-state index is 0.452. The Hall–Kier alpha value is -1.09. The molecule has 3 nitrogen and oxygen atoms in total. The van der Waals surface area contributed by atoms with Gasteiger partial charge < -0.3 is 9.94 Å². The van der Waals surface area contributed by atoms with E-state index in [-0.39, 0.29) is 0 Å². The van der Waals surface area contributed by atoms with E-state index in [1.54, 1.807) is 7.11 Å².